The number of fused-ring (bicyclic) bond motifs is 1. The third kappa shape index (κ3) is 3.21. The molecule has 104 valence electrons. The lowest BCUT2D eigenvalue weighted by Gasteiger charge is -2.09. The van der Waals surface area contributed by atoms with Gasteiger partial charge in [-0.15, -0.1) is 11.6 Å². The maximum Gasteiger partial charge on any atom is 0.144 e. The van der Waals surface area contributed by atoms with Gasteiger partial charge < -0.3 is 4.57 Å². The van der Waals surface area contributed by atoms with Crippen molar-refractivity contribution in [3.05, 3.63) is 28.8 Å². The molecular weight excluding hydrogens is 286 g/mol. The van der Waals surface area contributed by atoms with E-state index in [-0.39, 0.29) is 5.02 Å². The second-order valence-corrected chi connectivity index (χ2v) is 5.78. The molecule has 2 aromatic rings. The first-order valence-electron chi connectivity index (χ1n) is 6.43. The minimum absolute atomic E-state index is 0.124. The molecule has 19 heavy (non-hydrogen) atoms. The van der Waals surface area contributed by atoms with Gasteiger partial charge in [-0.3, -0.25) is 0 Å². The summed E-state index contributed by atoms with van der Waals surface area (Å²) >= 11 is 11.8. The highest BCUT2D eigenvalue weighted by atomic mass is 35.5. The molecule has 1 heterocycles. The molecule has 0 spiro atoms. The Bertz CT molecular complexity index is 578. The first-order chi connectivity index (χ1) is 9.02. The van der Waals surface area contributed by atoms with Gasteiger partial charge in [0.1, 0.15) is 11.6 Å². The highest BCUT2D eigenvalue weighted by Crippen LogP contribution is 2.25. The lowest BCUT2D eigenvalue weighted by molar-refractivity contribution is 0.512. The van der Waals surface area contributed by atoms with E-state index >= 15 is 0 Å². The Hall–Kier alpha value is -0.800. The van der Waals surface area contributed by atoms with Crippen molar-refractivity contribution >= 4 is 34.2 Å². The predicted molar refractivity (Wildman–Crippen MR) is 78.3 cm³/mol. The number of imidazole rings is 1. The summed E-state index contributed by atoms with van der Waals surface area (Å²) in [5, 5.41) is 0.124. The van der Waals surface area contributed by atoms with Gasteiger partial charge in [-0.2, -0.15) is 0 Å². The zero-order chi connectivity index (χ0) is 14.0. The topological polar surface area (TPSA) is 17.8 Å². The lowest BCUT2D eigenvalue weighted by Crippen LogP contribution is -2.03. The molecule has 0 fully saturated rings. The Morgan fingerprint density at radius 3 is 2.74 bits per heavy atom. The number of hydrogen-bond donors (Lipinski definition) is 0. The Morgan fingerprint density at radius 1 is 1.37 bits per heavy atom. The van der Waals surface area contributed by atoms with Gasteiger partial charge in [0.2, 0.25) is 0 Å². The Morgan fingerprint density at radius 2 is 2.11 bits per heavy atom. The lowest BCUT2D eigenvalue weighted by atomic mass is 10.1. The third-order valence-corrected chi connectivity index (χ3v) is 3.68. The van der Waals surface area contributed by atoms with Crippen molar-refractivity contribution in [1.82, 2.24) is 9.55 Å². The van der Waals surface area contributed by atoms with Gasteiger partial charge in [-0.05, 0) is 24.8 Å². The molecule has 1 aromatic heterocycles. The number of rotatable bonds is 5. The fraction of sp³-hybridized carbons (Fsp3) is 0.500. The van der Waals surface area contributed by atoms with Crippen LogP contribution in [-0.4, -0.2) is 9.55 Å². The molecular formula is C14H17Cl2FN2. The first-order valence-corrected chi connectivity index (χ1v) is 7.34. The van der Waals surface area contributed by atoms with Crippen molar-refractivity contribution in [2.75, 3.05) is 0 Å². The van der Waals surface area contributed by atoms with Crippen LogP contribution in [0.4, 0.5) is 4.39 Å². The number of aryl methyl sites for hydroxylation is 1. The van der Waals surface area contributed by atoms with Crippen LogP contribution in [0.5, 0.6) is 0 Å². The average Bonchev–Trinajstić information content (AvgIpc) is 2.67. The average molecular weight is 303 g/mol. The van der Waals surface area contributed by atoms with E-state index in [0.29, 0.717) is 17.3 Å². The molecule has 0 amide bonds. The smallest absolute Gasteiger partial charge is 0.144 e. The van der Waals surface area contributed by atoms with Crippen molar-refractivity contribution < 1.29 is 4.39 Å². The predicted octanol–water partition coefficient (Wildman–Crippen LogP) is 5.00. The fourth-order valence-corrected chi connectivity index (χ4v) is 2.54. The van der Waals surface area contributed by atoms with Gasteiger partial charge in [-0.25, -0.2) is 9.37 Å². The van der Waals surface area contributed by atoms with Crippen LogP contribution in [0, 0.1) is 11.7 Å². The van der Waals surface area contributed by atoms with Gasteiger partial charge in [0.15, 0.2) is 0 Å². The maximum atomic E-state index is 13.4. The summed E-state index contributed by atoms with van der Waals surface area (Å²) < 4.78 is 15.5. The molecule has 0 aliphatic heterocycles. The number of benzene rings is 1. The summed E-state index contributed by atoms with van der Waals surface area (Å²) in [4.78, 5) is 4.36. The molecule has 5 heteroatoms. The van der Waals surface area contributed by atoms with Crippen molar-refractivity contribution in [3.8, 4) is 0 Å². The van der Waals surface area contributed by atoms with E-state index in [1.54, 1.807) is 6.07 Å². The molecule has 2 rings (SSSR count). The quantitative estimate of drug-likeness (QED) is 0.710. The molecule has 1 aromatic carbocycles. The Kier molecular flexibility index (Phi) is 4.69. The van der Waals surface area contributed by atoms with Crippen LogP contribution in [0.2, 0.25) is 5.02 Å². The highest BCUT2D eigenvalue weighted by molar-refractivity contribution is 6.31. The summed E-state index contributed by atoms with van der Waals surface area (Å²) in [6.45, 7) is 5.22. The summed E-state index contributed by atoms with van der Waals surface area (Å²) in [5.74, 6) is 1.30. The maximum absolute atomic E-state index is 13.4. The second kappa shape index (κ2) is 6.10. The summed E-state index contributed by atoms with van der Waals surface area (Å²) in [6, 6.07) is 3.00. The van der Waals surface area contributed by atoms with Crippen LogP contribution in [0.3, 0.4) is 0 Å². The van der Waals surface area contributed by atoms with E-state index in [1.807, 2.05) is 4.57 Å². The minimum Gasteiger partial charge on any atom is -0.327 e. The highest BCUT2D eigenvalue weighted by Gasteiger charge is 2.13. The summed E-state index contributed by atoms with van der Waals surface area (Å²) in [7, 11) is 0. The zero-order valence-electron chi connectivity index (χ0n) is 11.1. The van der Waals surface area contributed by atoms with Gasteiger partial charge in [0, 0.05) is 12.6 Å². The Labute approximate surface area is 122 Å². The third-order valence-electron chi connectivity index (χ3n) is 3.15. The van der Waals surface area contributed by atoms with Crippen molar-refractivity contribution in [2.45, 2.75) is 39.1 Å². The van der Waals surface area contributed by atoms with E-state index in [0.717, 1.165) is 30.7 Å². The molecule has 0 N–H and O–H groups in total. The van der Waals surface area contributed by atoms with Crippen molar-refractivity contribution in [3.63, 3.8) is 0 Å². The number of aromatic nitrogens is 2. The minimum atomic E-state index is -0.442. The van der Waals surface area contributed by atoms with Gasteiger partial charge in [0.05, 0.1) is 21.9 Å². The molecule has 0 bridgehead atoms. The van der Waals surface area contributed by atoms with Crippen LogP contribution >= 0.6 is 23.2 Å². The monoisotopic (exact) mass is 302 g/mol. The van der Waals surface area contributed by atoms with E-state index in [1.165, 1.54) is 6.07 Å². The van der Waals surface area contributed by atoms with E-state index in [2.05, 4.69) is 18.8 Å². The number of nitrogens with zero attached hydrogens (tertiary/aromatic N) is 2. The van der Waals surface area contributed by atoms with E-state index < -0.39 is 5.82 Å². The van der Waals surface area contributed by atoms with E-state index in [4.69, 9.17) is 23.2 Å². The Balaban J connectivity index is 2.36. The molecule has 0 aliphatic rings. The van der Waals surface area contributed by atoms with Crippen LogP contribution < -0.4 is 0 Å². The molecule has 0 saturated heterocycles. The van der Waals surface area contributed by atoms with Crippen molar-refractivity contribution in [2.24, 2.45) is 5.92 Å². The second-order valence-electron chi connectivity index (χ2n) is 5.10. The number of halogens is 3. The van der Waals surface area contributed by atoms with Crippen LogP contribution in [0.15, 0.2) is 12.1 Å². The first kappa shape index (κ1) is 14.6. The molecule has 0 unspecified atom stereocenters. The molecule has 0 atom stereocenters. The van der Waals surface area contributed by atoms with Gasteiger partial charge in [-0.1, -0.05) is 25.4 Å². The normalized spacial score (nSPS) is 11.7. The van der Waals surface area contributed by atoms with Gasteiger partial charge >= 0.3 is 0 Å². The van der Waals surface area contributed by atoms with Gasteiger partial charge in [0.25, 0.3) is 0 Å². The molecule has 0 aliphatic carbocycles. The number of alkyl halides is 1. The zero-order valence-corrected chi connectivity index (χ0v) is 12.6. The molecule has 0 radical (unpaired) electrons. The molecule has 2 nitrogen and oxygen atoms in total. The fourth-order valence-electron chi connectivity index (χ4n) is 2.18. The van der Waals surface area contributed by atoms with E-state index in [9.17, 15) is 4.39 Å². The SMILES string of the molecule is CC(C)CCCn1c(CCl)nc2cc(F)c(Cl)cc21. The standard InChI is InChI=1S/C14H17Cl2FN2/c1-9(2)4-3-5-19-13-6-10(16)11(17)7-12(13)18-14(19)8-15/h6-7,9H,3-5,8H2,1-2H3. The van der Waals surface area contributed by atoms with Crippen LogP contribution in [-0.2, 0) is 12.4 Å². The number of hydrogen-bond acceptors (Lipinski definition) is 1. The summed E-state index contributed by atoms with van der Waals surface area (Å²) in [5.41, 5.74) is 1.47. The van der Waals surface area contributed by atoms with Crippen molar-refractivity contribution in [1.29, 1.82) is 0 Å². The van der Waals surface area contributed by atoms with Crippen LogP contribution in [0.1, 0.15) is 32.5 Å². The largest absolute Gasteiger partial charge is 0.327 e. The van der Waals surface area contributed by atoms with Crippen LogP contribution in [0.25, 0.3) is 11.0 Å². The molecule has 0 saturated carbocycles. The summed E-state index contributed by atoms with van der Waals surface area (Å²) in [6.07, 6.45) is 2.18.